The third kappa shape index (κ3) is 7.37. The largest absolute Gasteiger partial charge is 0.489 e. The average Bonchev–Trinajstić information content (AvgIpc) is 3.14. The molecule has 39 heavy (non-hydrogen) atoms. The van der Waals surface area contributed by atoms with Crippen LogP contribution in [0.25, 0.3) is 10.9 Å². The van der Waals surface area contributed by atoms with Crippen LogP contribution in [0.5, 0.6) is 5.75 Å². The first-order chi connectivity index (χ1) is 18.5. The van der Waals surface area contributed by atoms with Crippen LogP contribution >= 0.6 is 23.4 Å². The number of benzene rings is 2. The highest BCUT2D eigenvalue weighted by Gasteiger charge is 2.34. The van der Waals surface area contributed by atoms with Gasteiger partial charge in [0, 0.05) is 62.2 Å². The number of hydrogen-bond acceptors (Lipinski definition) is 5. The maximum atomic E-state index is 13.0. The van der Waals surface area contributed by atoms with E-state index >= 15 is 0 Å². The summed E-state index contributed by atoms with van der Waals surface area (Å²) in [6.07, 6.45) is 4.12. The minimum absolute atomic E-state index is 0.0468. The molecule has 4 aromatic rings. The van der Waals surface area contributed by atoms with Gasteiger partial charge in [0.2, 0.25) is 0 Å². The molecule has 0 saturated heterocycles. The minimum atomic E-state index is -0.699. The summed E-state index contributed by atoms with van der Waals surface area (Å²) in [4.78, 5) is 18.3. The van der Waals surface area contributed by atoms with E-state index in [9.17, 15) is 4.79 Å². The highest BCUT2D eigenvalue weighted by atomic mass is 35.5. The number of thioether (sulfide) groups is 1. The Balaban J connectivity index is 1.85. The van der Waals surface area contributed by atoms with Gasteiger partial charge < -0.3 is 14.0 Å². The van der Waals surface area contributed by atoms with Gasteiger partial charge in [-0.2, -0.15) is 0 Å². The van der Waals surface area contributed by atoms with E-state index in [0.29, 0.717) is 31.2 Å². The normalized spacial score (nSPS) is 12.1. The fraction of sp³-hybridized carbons (Fsp3) is 0.375. The number of esters is 1. The van der Waals surface area contributed by atoms with E-state index in [1.807, 2.05) is 69.1 Å². The Morgan fingerprint density at radius 2 is 1.77 bits per heavy atom. The van der Waals surface area contributed by atoms with Crippen LogP contribution in [0.4, 0.5) is 0 Å². The van der Waals surface area contributed by atoms with Crippen molar-refractivity contribution in [2.45, 2.75) is 70.8 Å². The molecule has 0 radical (unpaired) electrons. The maximum Gasteiger partial charge on any atom is 0.311 e. The monoisotopic (exact) mass is 564 g/mol. The van der Waals surface area contributed by atoms with Gasteiger partial charge in [-0.3, -0.25) is 9.78 Å². The zero-order valence-corrected chi connectivity index (χ0v) is 25.2. The van der Waals surface area contributed by atoms with Crippen molar-refractivity contribution in [2.24, 2.45) is 5.41 Å². The number of carbonyl (C=O) groups is 1. The van der Waals surface area contributed by atoms with Gasteiger partial charge in [-0.15, -0.1) is 11.8 Å². The van der Waals surface area contributed by atoms with Gasteiger partial charge in [0.15, 0.2) is 0 Å². The summed E-state index contributed by atoms with van der Waals surface area (Å²) in [7, 11) is 0. The molecule has 0 saturated carbocycles. The summed E-state index contributed by atoms with van der Waals surface area (Å²) in [6, 6.07) is 18.1. The number of aromatic nitrogens is 2. The zero-order valence-electron chi connectivity index (χ0n) is 23.6. The second-order valence-electron chi connectivity index (χ2n) is 11.3. The number of fused-ring (bicyclic) bond motifs is 1. The van der Waals surface area contributed by atoms with E-state index in [-0.39, 0.29) is 10.7 Å². The summed E-state index contributed by atoms with van der Waals surface area (Å²) in [5.41, 5.74) is 3.66. The number of ether oxygens (including phenoxy) is 2. The molecule has 0 aliphatic heterocycles. The van der Waals surface area contributed by atoms with Crippen molar-refractivity contribution in [3.05, 3.63) is 88.8 Å². The summed E-state index contributed by atoms with van der Waals surface area (Å²) < 4.78 is 13.9. The highest BCUT2D eigenvalue weighted by molar-refractivity contribution is 8.00. The van der Waals surface area contributed by atoms with Crippen molar-refractivity contribution < 1.29 is 14.3 Å². The molecule has 0 fully saturated rings. The van der Waals surface area contributed by atoms with Crippen LogP contribution in [-0.2, 0) is 29.1 Å². The van der Waals surface area contributed by atoms with Crippen molar-refractivity contribution in [3.63, 3.8) is 0 Å². The first-order valence-electron chi connectivity index (χ1n) is 13.2. The fourth-order valence-corrected chi connectivity index (χ4v) is 5.77. The van der Waals surface area contributed by atoms with Gasteiger partial charge in [0.05, 0.1) is 12.0 Å². The predicted molar refractivity (Wildman–Crippen MR) is 161 cm³/mol. The number of hydrogen-bond donors (Lipinski definition) is 0. The van der Waals surface area contributed by atoms with Crippen molar-refractivity contribution in [3.8, 4) is 5.75 Å². The molecule has 5 nitrogen and oxygen atoms in total. The van der Waals surface area contributed by atoms with Crippen LogP contribution in [0.2, 0.25) is 5.02 Å². The van der Waals surface area contributed by atoms with E-state index in [4.69, 9.17) is 21.1 Å². The van der Waals surface area contributed by atoms with Gasteiger partial charge >= 0.3 is 5.97 Å². The number of pyridine rings is 1. The molecular weight excluding hydrogens is 528 g/mol. The van der Waals surface area contributed by atoms with Crippen LogP contribution in [0.15, 0.2) is 71.9 Å². The Labute approximate surface area is 240 Å². The molecule has 0 atom stereocenters. The molecule has 0 N–H and O–H groups in total. The van der Waals surface area contributed by atoms with Gasteiger partial charge in [0.1, 0.15) is 12.4 Å². The van der Waals surface area contributed by atoms with Crippen LogP contribution in [-0.4, -0.2) is 26.9 Å². The number of carbonyl (C=O) groups excluding carboxylic acids is 1. The van der Waals surface area contributed by atoms with Crippen molar-refractivity contribution in [2.75, 3.05) is 6.61 Å². The lowest BCUT2D eigenvalue weighted by Gasteiger charge is -2.26. The Morgan fingerprint density at radius 1 is 1.03 bits per heavy atom. The van der Waals surface area contributed by atoms with Crippen molar-refractivity contribution >= 4 is 40.2 Å². The highest BCUT2D eigenvalue weighted by Crippen LogP contribution is 2.44. The van der Waals surface area contributed by atoms with Gasteiger partial charge in [-0.25, -0.2) is 0 Å². The molecule has 0 aliphatic rings. The molecule has 2 heterocycles. The predicted octanol–water partition coefficient (Wildman–Crippen LogP) is 8.34. The lowest BCUT2D eigenvalue weighted by Crippen LogP contribution is -2.30. The van der Waals surface area contributed by atoms with E-state index in [2.05, 4.69) is 54.6 Å². The van der Waals surface area contributed by atoms with Gasteiger partial charge in [0.25, 0.3) is 0 Å². The van der Waals surface area contributed by atoms with E-state index in [1.165, 1.54) is 0 Å². The van der Waals surface area contributed by atoms with Crippen LogP contribution in [0, 0.1) is 5.41 Å². The molecule has 2 aromatic carbocycles. The maximum absolute atomic E-state index is 13.0. The molecule has 0 aliphatic carbocycles. The SMILES string of the molecule is CCOC(=O)C(C)(C)Cc1c(SC(C)(C)C)c2cc(OCc3cccnc3)ccc2n1Cc1ccc(Cl)cc1. The number of nitrogens with zero attached hydrogens (tertiary/aromatic N) is 2. The molecule has 0 unspecified atom stereocenters. The fourth-order valence-electron chi connectivity index (χ4n) is 4.46. The lowest BCUT2D eigenvalue weighted by atomic mass is 9.87. The Morgan fingerprint density at radius 3 is 2.41 bits per heavy atom. The molecule has 206 valence electrons. The van der Waals surface area contributed by atoms with Crippen molar-refractivity contribution in [1.82, 2.24) is 9.55 Å². The smallest absolute Gasteiger partial charge is 0.311 e. The first kappa shape index (κ1) is 29.0. The van der Waals surface area contributed by atoms with Crippen LogP contribution in [0.1, 0.15) is 58.4 Å². The summed E-state index contributed by atoms with van der Waals surface area (Å²) in [6.45, 7) is 13.9. The minimum Gasteiger partial charge on any atom is -0.489 e. The third-order valence-corrected chi connectivity index (χ3v) is 7.84. The van der Waals surface area contributed by atoms with Crippen LogP contribution < -0.4 is 4.74 Å². The second kappa shape index (κ2) is 12.1. The molecule has 7 heteroatoms. The summed E-state index contributed by atoms with van der Waals surface area (Å²) in [5, 5.41) is 1.82. The Bertz CT molecular complexity index is 1420. The van der Waals surface area contributed by atoms with E-state index in [1.54, 1.807) is 6.20 Å². The van der Waals surface area contributed by atoms with Gasteiger partial charge in [-0.05, 0) is 62.7 Å². The molecule has 2 aromatic heterocycles. The second-order valence-corrected chi connectivity index (χ2v) is 13.6. The topological polar surface area (TPSA) is 53.4 Å². The summed E-state index contributed by atoms with van der Waals surface area (Å²) in [5.74, 6) is 0.599. The quantitative estimate of drug-likeness (QED) is 0.143. The standard InChI is InChI=1S/C32H37ClN2O3S/c1-7-37-30(36)32(5,6)18-28-29(39-31(2,3)4)26-17-25(38-21-23-9-8-16-34-19-23)14-15-27(26)35(28)20-22-10-12-24(33)13-11-22/h8-17,19H,7,18,20-21H2,1-6H3. The molecule has 0 bridgehead atoms. The molecule has 0 spiro atoms. The molecule has 4 rings (SSSR count). The average molecular weight is 565 g/mol. The number of halogens is 1. The van der Waals surface area contributed by atoms with E-state index in [0.717, 1.165) is 38.4 Å². The van der Waals surface area contributed by atoms with Gasteiger partial charge in [-0.1, -0.05) is 50.6 Å². The van der Waals surface area contributed by atoms with Crippen LogP contribution in [0.3, 0.4) is 0 Å². The molecule has 0 amide bonds. The first-order valence-corrected chi connectivity index (χ1v) is 14.4. The Kier molecular flexibility index (Phi) is 8.97. The van der Waals surface area contributed by atoms with Crippen molar-refractivity contribution in [1.29, 1.82) is 0 Å². The third-order valence-electron chi connectivity index (χ3n) is 6.32. The Hall–Kier alpha value is -2.96. The lowest BCUT2D eigenvalue weighted by molar-refractivity contribution is -0.153. The zero-order chi connectivity index (χ0) is 28.2. The summed E-state index contributed by atoms with van der Waals surface area (Å²) >= 11 is 8.00. The number of rotatable bonds is 10. The molecular formula is C32H37ClN2O3S. The van der Waals surface area contributed by atoms with E-state index < -0.39 is 5.41 Å².